The molecule has 0 fully saturated rings. The lowest BCUT2D eigenvalue weighted by atomic mass is 10.0. The SMILES string of the molecule is C/C=C(\C=C/CC)c1ccc(C(=O)N(CCCCCCC)C(=O)NC)cc1.C/C=C\C.c1ccccc1. The molecule has 0 aromatic heterocycles. The zero-order chi connectivity index (χ0) is 27.7. The van der Waals surface area contributed by atoms with Gasteiger partial charge in [0.1, 0.15) is 0 Å². The molecule has 0 aliphatic carbocycles. The summed E-state index contributed by atoms with van der Waals surface area (Å²) in [7, 11) is 1.56. The van der Waals surface area contributed by atoms with Crippen LogP contribution in [0.3, 0.4) is 0 Å². The predicted molar refractivity (Wildman–Crippen MR) is 161 cm³/mol. The Labute approximate surface area is 226 Å². The van der Waals surface area contributed by atoms with Crippen LogP contribution in [0, 0.1) is 0 Å². The molecule has 0 bridgehead atoms. The van der Waals surface area contributed by atoms with Crippen LogP contribution in [0.25, 0.3) is 5.57 Å². The minimum absolute atomic E-state index is 0.248. The summed E-state index contributed by atoms with van der Waals surface area (Å²) < 4.78 is 0. The highest BCUT2D eigenvalue weighted by Gasteiger charge is 2.21. The van der Waals surface area contributed by atoms with Crippen LogP contribution in [0.4, 0.5) is 4.79 Å². The lowest BCUT2D eigenvalue weighted by Crippen LogP contribution is -2.43. The van der Waals surface area contributed by atoms with Gasteiger partial charge >= 0.3 is 6.03 Å². The lowest BCUT2D eigenvalue weighted by Gasteiger charge is -2.20. The molecular weight excluding hydrogens is 456 g/mol. The van der Waals surface area contributed by atoms with Gasteiger partial charge in [0.2, 0.25) is 0 Å². The van der Waals surface area contributed by atoms with Gasteiger partial charge < -0.3 is 5.32 Å². The molecule has 4 nitrogen and oxygen atoms in total. The monoisotopic (exact) mass is 504 g/mol. The number of urea groups is 1. The molecule has 2 aromatic rings. The van der Waals surface area contributed by atoms with Gasteiger partial charge in [-0.2, -0.15) is 0 Å². The third kappa shape index (κ3) is 15.3. The molecule has 2 aromatic carbocycles. The van der Waals surface area contributed by atoms with Crippen LogP contribution in [0.2, 0.25) is 0 Å². The largest absolute Gasteiger partial charge is 0.341 e. The van der Waals surface area contributed by atoms with E-state index in [1.807, 2.05) is 81.5 Å². The Morgan fingerprint density at radius 3 is 1.73 bits per heavy atom. The van der Waals surface area contributed by atoms with E-state index in [0.717, 1.165) is 36.8 Å². The second-order valence-electron chi connectivity index (χ2n) is 8.38. The van der Waals surface area contributed by atoms with E-state index in [2.05, 4.69) is 37.4 Å². The zero-order valence-electron chi connectivity index (χ0n) is 23.9. The summed E-state index contributed by atoms with van der Waals surface area (Å²) in [4.78, 5) is 26.3. The van der Waals surface area contributed by atoms with Crippen molar-refractivity contribution < 1.29 is 9.59 Å². The first-order valence-corrected chi connectivity index (χ1v) is 13.5. The van der Waals surface area contributed by atoms with Gasteiger partial charge in [0.15, 0.2) is 0 Å². The minimum atomic E-state index is -0.348. The molecule has 0 saturated heterocycles. The lowest BCUT2D eigenvalue weighted by molar-refractivity contribution is 0.0799. The smallest absolute Gasteiger partial charge is 0.324 e. The average Bonchev–Trinajstić information content (AvgIpc) is 2.96. The van der Waals surface area contributed by atoms with Crippen molar-refractivity contribution in [3.05, 3.63) is 102 Å². The van der Waals surface area contributed by atoms with Crippen LogP contribution < -0.4 is 5.32 Å². The molecule has 0 atom stereocenters. The van der Waals surface area contributed by atoms with Crippen LogP contribution in [0.1, 0.15) is 89.1 Å². The molecule has 4 heteroatoms. The molecule has 2 rings (SSSR count). The van der Waals surface area contributed by atoms with Gasteiger partial charge in [0, 0.05) is 19.2 Å². The van der Waals surface area contributed by atoms with Crippen LogP contribution in [0.15, 0.2) is 91.0 Å². The van der Waals surface area contributed by atoms with E-state index in [1.54, 1.807) is 19.2 Å². The molecule has 0 saturated carbocycles. The number of rotatable bonds is 10. The number of benzene rings is 2. The normalized spacial score (nSPS) is 10.8. The summed E-state index contributed by atoms with van der Waals surface area (Å²) in [6.07, 6.45) is 16.6. The van der Waals surface area contributed by atoms with E-state index in [-0.39, 0.29) is 11.9 Å². The number of imide groups is 1. The summed E-state index contributed by atoms with van der Waals surface area (Å²) in [6, 6.07) is 19.1. The van der Waals surface area contributed by atoms with Crippen molar-refractivity contribution in [2.75, 3.05) is 13.6 Å². The van der Waals surface area contributed by atoms with Gasteiger partial charge in [-0.15, -0.1) is 0 Å². The molecule has 202 valence electrons. The van der Waals surface area contributed by atoms with Crippen LogP contribution in [0.5, 0.6) is 0 Å². The molecule has 0 aliphatic rings. The summed E-state index contributed by atoms with van der Waals surface area (Å²) >= 11 is 0. The molecule has 3 amide bonds. The number of allylic oxidation sites excluding steroid dienone is 6. The maximum Gasteiger partial charge on any atom is 0.324 e. The number of carbonyl (C=O) groups excluding carboxylic acids is 2. The first-order valence-electron chi connectivity index (χ1n) is 13.5. The zero-order valence-corrected chi connectivity index (χ0v) is 23.9. The van der Waals surface area contributed by atoms with Crippen molar-refractivity contribution in [3.63, 3.8) is 0 Å². The highest BCUT2D eigenvalue weighted by molar-refractivity contribution is 6.04. The fourth-order valence-corrected chi connectivity index (χ4v) is 3.25. The molecule has 0 heterocycles. The second kappa shape index (κ2) is 23.0. The molecule has 1 N–H and O–H groups in total. The van der Waals surface area contributed by atoms with Crippen molar-refractivity contribution in [2.24, 2.45) is 0 Å². The van der Waals surface area contributed by atoms with Gasteiger partial charge in [-0.05, 0) is 56.9 Å². The number of nitrogens with one attached hydrogen (secondary N) is 1. The topological polar surface area (TPSA) is 49.4 Å². The van der Waals surface area contributed by atoms with Gasteiger partial charge in [-0.3, -0.25) is 9.69 Å². The maximum atomic E-state index is 12.8. The van der Waals surface area contributed by atoms with E-state index >= 15 is 0 Å². The molecular formula is C33H48N2O2. The van der Waals surface area contributed by atoms with Gasteiger partial charge in [-0.25, -0.2) is 4.79 Å². The summed E-state index contributed by atoms with van der Waals surface area (Å²) in [6.45, 7) is 10.7. The minimum Gasteiger partial charge on any atom is -0.341 e. The van der Waals surface area contributed by atoms with Crippen molar-refractivity contribution in [3.8, 4) is 0 Å². The van der Waals surface area contributed by atoms with E-state index < -0.39 is 0 Å². The van der Waals surface area contributed by atoms with Crippen molar-refractivity contribution in [2.45, 2.75) is 73.1 Å². The highest BCUT2D eigenvalue weighted by Crippen LogP contribution is 2.18. The van der Waals surface area contributed by atoms with E-state index in [1.165, 1.54) is 17.7 Å². The van der Waals surface area contributed by atoms with Gasteiger partial charge in [0.25, 0.3) is 5.91 Å². The third-order valence-electron chi connectivity index (χ3n) is 5.50. The Balaban J connectivity index is 0.00000107. The van der Waals surface area contributed by atoms with Crippen molar-refractivity contribution in [1.82, 2.24) is 10.2 Å². The second-order valence-corrected chi connectivity index (χ2v) is 8.38. The third-order valence-corrected chi connectivity index (χ3v) is 5.50. The van der Waals surface area contributed by atoms with Crippen LogP contribution >= 0.6 is 0 Å². The number of carbonyl (C=O) groups is 2. The molecule has 0 unspecified atom stereocenters. The van der Waals surface area contributed by atoms with E-state index in [9.17, 15) is 9.59 Å². The first-order chi connectivity index (χ1) is 18.0. The van der Waals surface area contributed by atoms with Crippen LogP contribution in [-0.4, -0.2) is 30.4 Å². The molecule has 0 spiro atoms. The summed E-state index contributed by atoms with van der Waals surface area (Å²) in [5, 5.41) is 2.58. The highest BCUT2D eigenvalue weighted by atomic mass is 16.2. The Morgan fingerprint density at radius 1 is 0.784 bits per heavy atom. The Bertz CT molecular complexity index is 898. The Hall–Kier alpha value is -3.40. The summed E-state index contributed by atoms with van der Waals surface area (Å²) in [5.74, 6) is -0.248. The molecule has 0 aliphatic heterocycles. The predicted octanol–water partition coefficient (Wildman–Crippen LogP) is 9.08. The number of unbranched alkanes of at least 4 members (excludes halogenated alkanes) is 4. The standard InChI is InChI=1S/C23H34N2O2.C6H6.C4H8/c1-5-8-10-11-12-18-25(23(27)24-4)22(26)21-16-14-20(15-17-21)19(7-3)13-9-6-2;1-2-4-6-5-3-1;1-3-4-2/h7,9,13-17H,5-6,8,10-12,18H2,1-4H3,(H,24,27);1-6H;3-4H,1-2H3/b13-9-,19-7+;;4-3-. The van der Waals surface area contributed by atoms with Crippen LogP contribution in [-0.2, 0) is 0 Å². The fraction of sp³-hybridized carbons (Fsp3) is 0.394. The van der Waals surface area contributed by atoms with Gasteiger partial charge in [-0.1, -0.05) is 118 Å². The maximum absolute atomic E-state index is 12.8. The first kappa shape index (κ1) is 33.6. The quantitative estimate of drug-likeness (QED) is 0.199. The number of hydrogen-bond acceptors (Lipinski definition) is 2. The molecule has 37 heavy (non-hydrogen) atoms. The number of amides is 3. The number of hydrogen-bond donors (Lipinski definition) is 1. The average molecular weight is 505 g/mol. The Morgan fingerprint density at radius 2 is 1.30 bits per heavy atom. The Kier molecular flexibility index (Phi) is 20.9. The summed E-state index contributed by atoms with van der Waals surface area (Å²) in [5.41, 5.74) is 2.71. The fourth-order valence-electron chi connectivity index (χ4n) is 3.25. The van der Waals surface area contributed by atoms with E-state index in [4.69, 9.17) is 0 Å². The van der Waals surface area contributed by atoms with E-state index in [0.29, 0.717) is 12.1 Å². The van der Waals surface area contributed by atoms with Gasteiger partial charge in [0.05, 0.1) is 0 Å². The van der Waals surface area contributed by atoms with Crippen molar-refractivity contribution in [1.29, 1.82) is 0 Å². The van der Waals surface area contributed by atoms with Crippen molar-refractivity contribution >= 4 is 17.5 Å². The number of nitrogens with zero attached hydrogens (tertiary/aromatic N) is 1. The molecule has 0 radical (unpaired) electrons.